The molecule has 6 nitrogen and oxygen atoms in total. The van der Waals surface area contributed by atoms with Crippen LogP contribution in [0.2, 0.25) is 0 Å². The first-order valence-electron chi connectivity index (χ1n) is 9.13. The van der Waals surface area contributed by atoms with E-state index in [1.165, 1.54) is 24.8 Å². The van der Waals surface area contributed by atoms with E-state index in [1.807, 2.05) is 4.90 Å². The van der Waals surface area contributed by atoms with Crippen molar-refractivity contribution < 1.29 is 14.5 Å². The van der Waals surface area contributed by atoms with Crippen molar-refractivity contribution in [3.05, 3.63) is 69.3 Å². The lowest BCUT2D eigenvalue weighted by atomic mass is 10.0. The van der Waals surface area contributed by atoms with Crippen molar-refractivity contribution in [1.82, 2.24) is 4.90 Å². The summed E-state index contributed by atoms with van der Waals surface area (Å²) in [6.07, 6.45) is 1.93. The molecule has 2 aromatic carbocycles. The third-order valence-electron chi connectivity index (χ3n) is 4.87. The normalized spacial score (nSPS) is 13.5. The number of benzene rings is 2. The van der Waals surface area contributed by atoms with E-state index in [2.05, 4.69) is 38.1 Å². The fourth-order valence-electron chi connectivity index (χ4n) is 3.09. The number of hydrogen-bond donors (Lipinski definition) is 0. The first-order chi connectivity index (χ1) is 12.9. The summed E-state index contributed by atoms with van der Waals surface area (Å²) < 4.78 is 5.02. The highest BCUT2D eigenvalue weighted by Crippen LogP contribution is 2.32. The van der Waals surface area contributed by atoms with Gasteiger partial charge < -0.3 is 9.64 Å². The highest BCUT2D eigenvalue weighted by Gasteiger charge is 2.34. The molecule has 1 amide bonds. The summed E-state index contributed by atoms with van der Waals surface area (Å²) in [6, 6.07) is 12.9. The maximum Gasteiger partial charge on any atom is 0.311 e. The van der Waals surface area contributed by atoms with Crippen LogP contribution in [-0.2, 0) is 6.54 Å². The van der Waals surface area contributed by atoms with Crippen molar-refractivity contribution >= 4 is 11.6 Å². The number of carbonyl (C=O) groups excluding carboxylic acids is 1. The van der Waals surface area contributed by atoms with Crippen LogP contribution in [0.1, 0.15) is 54.1 Å². The topological polar surface area (TPSA) is 72.7 Å². The molecular weight excluding hydrogens is 344 g/mol. The maximum atomic E-state index is 13.0. The molecule has 0 N–H and O–H groups in total. The van der Waals surface area contributed by atoms with Crippen molar-refractivity contribution in [2.24, 2.45) is 0 Å². The molecule has 142 valence electrons. The Kier molecular flexibility index (Phi) is 5.44. The highest BCUT2D eigenvalue weighted by atomic mass is 16.6. The maximum absolute atomic E-state index is 13.0. The van der Waals surface area contributed by atoms with Crippen molar-refractivity contribution in [3.8, 4) is 5.75 Å². The van der Waals surface area contributed by atoms with Crippen molar-refractivity contribution in [2.45, 2.75) is 45.2 Å². The van der Waals surface area contributed by atoms with E-state index in [9.17, 15) is 14.9 Å². The van der Waals surface area contributed by atoms with Gasteiger partial charge in [0.05, 0.1) is 12.0 Å². The molecule has 0 unspecified atom stereocenters. The van der Waals surface area contributed by atoms with Crippen LogP contribution in [0.5, 0.6) is 5.75 Å². The van der Waals surface area contributed by atoms with Crippen molar-refractivity contribution in [2.75, 3.05) is 7.11 Å². The predicted octanol–water partition coefficient (Wildman–Crippen LogP) is 4.53. The lowest BCUT2D eigenvalue weighted by molar-refractivity contribution is -0.385. The number of nitro groups is 1. The fourth-order valence-corrected chi connectivity index (χ4v) is 3.09. The van der Waals surface area contributed by atoms with E-state index in [0.717, 1.165) is 18.4 Å². The van der Waals surface area contributed by atoms with Gasteiger partial charge in [-0.15, -0.1) is 0 Å². The fraction of sp³-hybridized carbons (Fsp3) is 0.381. The monoisotopic (exact) mass is 368 g/mol. The Balaban J connectivity index is 1.84. The van der Waals surface area contributed by atoms with E-state index >= 15 is 0 Å². The van der Waals surface area contributed by atoms with Crippen LogP contribution in [-0.4, -0.2) is 28.9 Å². The number of rotatable bonds is 7. The summed E-state index contributed by atoms with van der Waals surface area (Å²) in [5.74, 6) is 0.426. The number of carbonyl (C=O) groups is 1. The lowest BCUT2D eigenvalue weighted by Gasteiger charge is -2.23. The summed E-state index contributed by atoms with van der Waals surface area (Å²) in [5, 5.41) is 11.3. The van der Waals surface area contributed by atoms with Gasteiger partial charge in [0.2, 0.25) is 0 Å². The molecule has 27 heavy (non-hydrogen) atoms. The molecule has 0 aromatic heterocycles. The minimum absolute atomic E-state index is 0.152. The first-order valence-corrected chi connectivity index (χ1v) is 9.13. The molecule has 0 aliphatic heterocycles. The number of methoxy groups -OCH3 is 1. The standard InChI is InChI=1S/C21H24N2O4/c1-14(2)16-6-4-15(5-7-16)13-22(18-9-10-18)21(24)17-8-11-20(27-3)19(12-17)23(25)26/h4-8,11-12,14,18H,9-10,13H2,1-3H3. The molecule has 0 saturated heterocycles. The Morgan fingerprint density at radius 1 is 1.22 bits per heavy atom. The van der Waals surface area contributed by atoms with Crippen LogP contribution in [0.3, 0.4) is 0 Å². The predicted molar refractivity (Wildman–Crippen MR) is 103 cm³/mol. The minimum atomic E-state index is -0.526. The third-order valence-corrected chi connectivity index (χ3v) is 4.87. The second kappa shape index (κ2) is 7.78. The van der Waals surface area contributed by atoms with Crippen LogP contribution < -0.4 is 4.74 Å². The zero-order chi connectivity index (χ0) is 19.6. The molecule has 1 aliphatic carbocycles. The van der Waals surface area contributed by atoms with Gasteiger partial charge in [-0.1, -0.05) is 38.1 Å². The van der Waals surface area contributed by atoms with Crippen LogP contribution in [0.15, 0.2) is 42.5 Å². The van der Waals surface area contributed by atoms with E-state index in [-0.39, 0.29) is 23.4 Å². The Morgan fingerprint density at radius 2 is 1.89 bits per heavy atom. The quantitative estimate of drug-likeness (QED) is 0.531. The van der Waals surface area contributed by atoms with Gasteiger partial charge >= 0.3 is 5.69 Å². The van der Waals surface area contributed by atoms with Gasteiger partial charge in [0, 0.05) is 24.2 Å². The van der Waals surface area contributed by atoms with Crippen molar-refractivity contribution in [3.63, 3.8) is 0 Å². The number of hydrogen-bond acceptors (Lipinski definition) is 4. The van der Waals surface area contributed by atoms with Gasteiger partial charge in [0.25, 0.3) is 5.91 Å². The minimum Gasteiger partial charge on any atom is -0.490 e. The molecule has 2 aromatic rings. The van der Waals surface area contributed by atoms with Crippen LogP contribution in [0, 0.1) is 10.1 Å². The van der Waals surface area contributed by atoms with E-state index in [0.29, 0.717) is 18.0 Å². The number of nitro benzene ring substituents is 1. The summed E-state index contributed by atoms with van der Waals surface area (Å²) in [6.45, 7) is 4.79. The van der Waals surface area contributed by atoms with Gasteiger partial charge in [-0.2, -0.15) is 0 Å². The summed E-state index contributed by atoms with van der Waals surface area (Å²) in [4.78, 5) is 25.6. The van der Waals surface area contributed by atoms with Crippen LogP contribution in [0.4, 0.5) is 5.69 Å². The smallest absolute Gasteiger partial charge is 0.311 e. The Hall–Kier alpha value is -2.89. The molecule has 0 bridgehead atoms. The third kappa shape index (κ3) is 4.27. The first kappa shape index (κ1) is 18.9. The average Bonchev–Trinajstić information content (AvgIpc) is 3.50. The summed E-state index contributed by atoms with van der Waals surface area (Å²) in [7, 11) is 1.38. The van der Waals surface area contributed by atoms with Gasteiger partial charge in [-0.05, 0) is 42.0 Å². The van der Waals surface area contributed by atoms with Gasteiger partial charge in [0.1, 0.15) is 0 Å². The average molecular weight is 368 g/mol. The molecule has 6 heteroatoms. The van der Waals surface area contributed by atoms with E-state index < -0.39 is 4.92 Å². The molecule has 0 atom stereocenters. The number of amides is 1. The molecular formula is C21H24N2O4. The Morgan fingerprint density at radius 3 is 2.41 bits per heavy atom. The highest BCUT2D eigenvalue weighted by molar-refractivity contribution is 5.95. The van der Waals surface area contributed by atoms with Crippen LogP contribution >= 0.6 is 0 Å². The Labute approximate surface area is 158 Å². The molecule has 0 radical (unpaired) electrons. The van der Waals surface area contributed by atoms with Crippen molar-refractivity contribution in [1.29, 1.82) is 0 Å². The van der Waals surface area contributed by atoms with Gasteiger partial charge in [-0.3, -0.25) is 14.9 Å². The largest absolute Gasteiger partial charge is 0.490 e. The second-order valence-corrected chi connectivity index (χ2v) is 7.20. The van der Waals surface area contributed by atoms with Gasteiger partial charge in [0.15, 0.2) is 5.75 Å². The molecule has 1 saturated carbocycles. The summed E-state index contributed by atoms with van der Waals surface area (Å²) in [5.41, 5.74) is 2.44. The molecule has 0 spiro atoms. The SMILES string of the molecule is COc1ccc(C(=O)N(Cc2ccc(C(C)C)cc2)C2CC2)cc1[N+](=O)[O-]. The van der Waals surface area contributed by atoms with Gasteiger partial charge in [-0.25, -0.2) is 0 Å². The van der Waals surface area contributed by atoms with E-state index in [4.69, 9.17) is 4.74 Å². The lowest BCUT2D eigenvalue weighted by Crippen LogP contribution is -2.32. The molecule has 1 aliphatic rings. The molecule has 3 rings (SSSR count). The number of nitrogens with zero attached hydrogens (tertiary/aromatic N) is 2. The molecule has 0 heterocycles. The zero-order valence-corrected chi connectivity index (χ0v) is 15.8. The number of ether oxygens (including phenoxy) is 1. The summed E-state index contributed by atoms with van der Waals surface area (Å²) >= 11 is 0. The zero-order valence-electron chi connectivity index (χ0n) is 15.8. The second-order valence-electron chi connectivity index (χ2n) is 7.20. The van der Waals surface area contributed by atoms with Crippen LogP contribution in [0.25, 0.3) is 0 Å². The molecule has 1 fully saturated rings. The van der Waals surface area contributed by atoms with E-state index in [1.54, 1.807) is 6.07 Å². The Bertz CT molecular complexity index is 842.